The molecule has 0 fully saturated rings. The van der Waals surface area contributed by atoms with Gasteiger partial charge in [-0.15, -0.1) is 0 Å². The summed E-state index contributed by atoms with van der Waals surface area (Å²) in [6, 6.07) is 23.4. The Hall–Kier alpha value is -1.09. The first kappa shape index (κ1) is 32.9. The molecular weight excluding hydrogens is 664 g/mol. The van der Waals surface area contributed by atoms with Crippen LogP contribution in [0, 0.1) is 0 Å². The van der Waals surface area contributed by atoms with Gasteiger partial charge in [0.15, 0.2) is 14.1 Å². The van der Waals surface area contributed by atoms with Crippen molar-refractivity contribution >= 4 is 61.9 Å². The number of ketones is 1. The van der Waals surface area contributed by atoms with E-state index in [9.17, 15) is 9.90 Å². The Kier molecular flexibility index (Phi) is 13.0. The van der Waals surface area contributed by atoms with Crippen molar-refractivity contribution in [2.24, 2.45) is 0 Å². The molecule has 36 heavy (non-hydrogen) atoms. The third-order valence-corrected chi connectivity index (χ3v) is 7.45. The molecule has 0 saturated carbocycles. The number of hydrogen-bond donors (Lipinski definition) is 1. The summed E-state index contributed by atoms with van der Waals surface area (Å²) < 4.78 is 9.23. The highest BCUT2D eigenvalue weighted by Crippen LogP contribution is 2.30. The number of rotatable bonds is 5. The van der Waals surface area contributed by atoms with Gasteiger partial charge in [-0.3, -0.25) is 4.79 Å². The van der Waals surface area contributed by atoms with Crippen LogP contribution < -0.4 is 0 Å². The Balaban J connectivity index is 0.000000277. The van der Waals surface area contributed by atoms with Crippen molar-refractivity contribution in [3.05, 3.63) is 103 Å². The zero-order valence-corrected chi connectivity index (χ0v) is 28.1. The molecule has 0 bridgehead atoms. The van der Waals surface area contributed by atoms with E-state index in [0.29, 0.717) is 0 Å². The van der Waals surface area contributed by atoms with Crippen molar-refractivity contribution < 1.29 is 14.3 Å². The first-order chi connectivity index (χ1) is 16.4. The van der Waals surface area contributed by atoms with Crippen LogP contribution in [0.5, 0.6) is 0 Å². The number of aliphatic hydroxyl groups is 1. The number of carbonyl (C=O) groups is 1. The summed E-state index contributed by atoms with van der Waals surface area (Å²) in [6.07, 6.45) is 0. The molecule has 0 unspecified atom stereocenters. The van der Waals surface area contributed by atoms with Gasteiger partial charge in [0.1, 0.15) is 0 Å². The second-order valence-electron chi connectivity index (χ2n) is 10.4. The minimum atomic E-state index is -1.51. The maximum Gasteiger partial charge on any atom is 0.184 e. The molecule has 0 atom stereocenters. The fraction of sp³-hybridized carbons (Fsp3) is 0.345. The molecule has 0 aromatic heterocycles. The predicted molar refractivity (Wildman–Crippen MR) is 165 cm³/mol. The Bertz CT molecular complexity index is 1130. The number of hydrogen-bond acceptors (Lipinski definition) is 3. The van der Waals surface area contributed by atoms with Gasteiger partial charge in [0.25, 0.3) is 0 Å². The van der Waals surface area contributed by atoms with E-state index < -0.39 is 13.9 Å². The highest BCUT2D eigenvalue weighted by molar-refractivity contribution is 9.11. The average Bonchev–Trinajstić information content (AvgIpc) is 2.72. The molecular formula is C29H37Br3O3Si. The van der Waals surface area contributed by atoms with E-state index in [1.54, 1.807) is 26.8 Å². The van der Waals surface area contributed by atoms with Crippen molar-refractivity contribution in [2.75, 3.05) is 0 Å². The number of carbonyl (C=O) groups excluding carboxylic acids is 1. The molecule has 3 aromatic rings. The normalized spacial score (nSPS) is 11.6. The van der Waals surface area contributed by atoms with Gasteiger partial charge in [-0.05, 0) is 102 Å². The smallest absolute Gasteiger partial charge is 0.184 e. The van der Waals surface area contributed by atoms with E-state index in [1.165, 1.54) is 5.56 Å². The van der Waals surface area contributed by atoms with Crippen molar-refractivity contribution in [2.45, 2.75) is 65.5 Å². The van der Waals surface area contributed by atoms with Gasteiger partial charge in [-0.2, -0.15) is 0 Å². The van der Waals surface area contributed by atoms with E-state index in [2.05, 4.69) is 99.5 Å². The lowest BCUT2D eigenvalue weighted by molar-refractivity contribution is 0.0785. The van der Waals surface area contributed by atoms with Crippen molar-refractivity contribution in [3.63, 3.8) is 0 Å². The zero-order valence-electron chi connectivity index (χ0n) is 22.3. The predicted octanol–water partition coefficient (Wildman–Crippen LogP) is 9.86. The van der Waals surface area contributed by atoms with Gasteiger partial charge in [0.05, 0.1) is 11.2 Å². The molecule has 3 nitrogen and oxygen atoms in total. The Morgan fingerprint density at radius 3 is 1.50 bits per heavy atom. The van der Waals surface area contributed by atoms with E-state index in [1.807, 2.05) is 48.5 Å². The second kappa shape index (κ2) is 14.2. The van der Waals surface area contributed by atoms with Crippen LogP contribution in [-0.2, 0) is 15.6 Å². The Morgan fingerprint density at radius 1 is 0.750 bits per heavy atom. The van der Waals surface area contributed by atoms with E-state index in [0.717, 1.165) is 24.5 Å². The van der Waals surface area contributed by atoms with Crippen LogP contribution in [0.2, 0.25) is 19.6 Å². The van der Waals surface area contributed by atoms with Crippen molar-refractivity contribution in [3.8, 4) is 0 Å². The lowest BCUT2D eigenvalue weighted by Gasteiger charge is -2.33. The highest BCUT2D eigenvalue weighted by Gasteiger charge is 2.28. The summed E-state index contributed by atoms with van der Waals surface area (Å²) in [4.78, 5) is 10.8. The summed E-state index contributed by atoms with van der Waals surface area (Å²) in [5.41, 5.74) is 1.94. The Labute approximate surface area is 243 Å². The highest BCUT2D eigenvalue weighted by atomic mass is 79.9. The molecule has 0 aliphatic carbocycles. The summed E-state index contributed by atoms with van der Waals surface area (Å²) in [5.74, 6) is 0.0984. The van der Waals surface area contributed by atoms with Crippen molar-refractivity contribution in [1.29, 1.82) is 0 Å². The van der Waals surface area contributed by atoms with Gasteiger partial charge in [-0.1, -0.05) is 84.2 Å². The molecule has 0 heterocycles. The molecule has 196 valence electrons. The molecule has 0 aliphatic rings. The largest absolute Gasteiger partial charge is 0.409 e. The van der Waals surface area contributed by atoms with E-state index in [-0.39, 0.29) is 11.4 Å². The average molecular weight is 701 g/mol. The van der Waals surface area contributed by atoms with Gasteiger partial charge in [-0.25, -0.2) is 0 Å². The maximum atomic E-state index is 10.8. The fourth-order valence-corrected chi connectivity index (χ4v) is 6.11. The number of halogens is 3. The number of benzene rings is 3. The first-order valence-electron chi connectivity index (χ1n) is 11.6. The summed E-state index contributed by atoms with van der Waals surface area (Å²) in [5, 5.41) is 9.59. The summed E-state index contributed by atoms with van der Waals surface area (Å²) in [7, 11) is -1.51. The summed E-state index contributed by atoms with van der Waals surface area (Å²) >= 11 is 10.1. The molecule has 0 radical (unpaired) electrons. The molecule has 0 saturated heterocycles. The second-order valence-corrected chi connectivity index (χ2v) is 17.5. The third kappa shape index (κ3) is 12.9. The molecule has 0 amide bonds. The lowest BCUT2D eigenvalue weighted by atomic mass is 9.99. The monoisotopic (exact) mass is 698 g/mol. The van der Waals surface area contributed by atoms with Crippen LogP contribution >= 0.6 is 47.8 Å². The maximum absolute atomic E-state index is 10.8. The molecule has 7 heteroatoms. The van der Waals surface area contributed by atoms with E-state index in [4.69, 9.17) is 4.43 Å². The van der Waals surface area contributed by atoms with Crippen molar-refractivity contribution in [1.82, 2.24) is 0 Å². The molecule has 1 N–H and O–H groups in total. The van der Waals surface area contributed by atoms with Crippen LogP contribution in [0.4, 0.5) is 0 Å². The van der Waals surface area contributed by atoms with Crippen LogP contribution in [0.15, 0.2) is 86.2 Å². The van der Waals surface area contributed by atoms with Gasteiger partial charge >= 0.3 is 0 Å². The van der Waals surface area contributed by atoms with Crippen LogP contribution in [0.25, 0.3) is 0 Å². The number of Topliss-reactive ketones (excluding diaryl/α,β-unsaturated/α-hetero) is 1. The Morgan fingerprint density at radius 2 is 1.17 bits per heavy atom. The first-order valence-corrected chi connectivity index (χ1v) is 17.4. The topological polar surface area (TPSA) is 46.5 Å². The van der Waals surface area contributed by atoms with Gasteiger partial charge in [0.2, 0.25) is 0 Å². The standard InChI is InChI=1S/C12H19BrOSi.C9H11BrO.C8H7BrO/c1-12(2,14-15(3,4)5)10-7-6-8-11(13)9-10;1-9(2,11)7-4-3-5-8(10)6-7;1-6(10)7-3-2-4-8(9)5-7/h6-9H,1-5H3;3-6,11H,1-2H3;2-5H,1H3. The molecule has 0 spiro atoms. The summed E-state index contributed by atoms with van der Waals surface area (Å²) in [6.45, 7) is 16.0. The van der Waals surface area contributed by atoms with Crippen LogP contribution in [-0.4, -0.2) is 19.2 Å². The quantitative estimate of drug-likeness (QED) is 0.213. The fourth-order valence-electron chi connectivity index (χ4n) is 3.26. The third-order valence-electron chi connectivity index (χ3n) is 4.84. The van der Waals surface area contributed by atoms with Crippen LogP contribution in [0.3, 0.4) is 0 Å². The minimum absolute atomic E-state index is 0.0984. The van der Waals surface area contributed by atoms with E-state index >= 15 is 0 Å². The SMILES string of the molecule is CC(=O)c1cccc(Br)c1.CC(C)(O)c1cccc(Br)c1.CC(C)(O[Si](C)(C)C)c1cccc(Br)c1. The van der Waals surface area contributed by atoms with Gasteiger partial charge in [0, 0.05) is 19.0 Å². The van der Waals surface area contributed by atoms with Crippen LogP contribution in [0.1, 0.15) is 56.1 Å². The molecule has 3 rings (SSSR count). The molecule has 3 aromatic carbocycles. The van der Waals surface area contributed by atoms with Gasteiger partial charge < -0.3 is 9.53 Å². The lowest BCUT2D eigenvalue weighted by Crippen LogP contribution is -2.36. The molecule has 0 aliphatic heterocycles. The minimum Gasteiger partial charge on any atom is -0.409 e. The zero-order chi connectivity index (χ0) is 27.7.